The lowest BCUT2D eigenvalue weighted by Crippen LogP contribution is -2.46. The van der Waals surface area contributed by atoms with Crippen LogP contribution in [0.5, 0.6) is 0 Å². The molecule has 120 valence electrons. The number of carboxylic acids is 1. The summed E-state index contributed by atoms with van der Waals surface area (Å²) in [5, 5.41) is 12.1. The van der Waals surface area contributed by atoms with Gasteiger partial charge in [0.25, 0.3) is 0 Å². The highest BCUT2D eigenvalue weighted by Crippen LogP contribution is 2.38. The van der Waals surface area contributed by atoms with Gasteiger partial charge >= 0.3 is 12.0 Å². The lowest BCUT2D eigenvalue weighted by molar-refractivity contribution is -0.150. The molecule has 1 aliphatic heterocycles. The first kappa shape index (κ1) is 17.3. The van der Waals surface area contributed by atoms with Crippen molar-refractivity contribution in [3.63, 3.8) is 0 Å². The van der Waals surface area contributed by atoms with Crippen LogP contribution >= 0.6 is 0 Å². The maximum atomic E-state index is 12.3. The number of likely N-dealkylation sites (tertiary alicyclic amines) is 1. The van der Waals surface area contributed by atoms with E-state index in [0.29, 0.717) is 19.5 Å². The number of amides is 3. The second-order valence-corrected chi connectivity index (χ2v) is 5.88. The molecule has 0 aromatic rings. The molecule has 1 heterocycles. The molecule has 0 aromatic carbocycles. The predicted octanol–water partition coefficient (Wildman–Crippen LogP) is 0.607. The quantitative estimate of drug-likeness (QED) is 0.778. The average molecular weight is 299 g/mol. The maximum absolute atomic E-state index is 12.3. The van der Waals surface area contributed by atoms with Crippen LogP contribution in [0.15, 0.2) is 0 Å². The maximum Gasteiger partial charge on any atom is 0.320 e. The summed E-state index contributed by atoms with van der Waals surface area (Å²) in [6.45, 7) is 6.62. The molecular weight excluding hydrogens is 274 g/mol. The molecule has 0 saturated carbocycles. The van der Waals surface area contributed by atoms with E-state index in [0.717, 1.165) is 0 Å². The van der Waals surface area contributed by atoms with Crippen LogP contribution in [-0.2, 0) is 9.59 Å². The summed E-state index contributed by atoms with van der Waals surface area (Å²) in [5.74, 6) is -1.14. The van der Waals surface area contributed by atoms with Gasteiger partial charge in [-0.1, -0.05) is 13.8 Å². The number of nitrogens with one attached hydrogen (secondary N) is 1. The Kier molecular flexibility index (Phi) is 5.57. The zero-order valence-corrected chi connectivity index (χ0v) is 13.2. The fourth-order valence-corrected chi connectivity index (χ4v) is 2.67. The molecule has 0 spiro atoms. The first-order valence-corrected chi connectivity index (χ1v) is 7.24. The van der Waals surface area contributed by atoms with Crippen LogP contribution in [0, 0.1) is 11.3 Å². The molecule has 1 rings (SSSR count). The topological polar surface area (TPSA) is 90.0 Å². The molecule has 21 heavy (non-hydrogen) atoms. The van der Waals surface area contributed by atoms with Gasteiger partial charge in [-0.2, -0.15) is 0 Å². The third-order valence-corrected chi connectivity index (χ3v) is 4.18. The Morgan fingerprint density at radius 1 is 1.38 bits per heavy atom. The van der Waals surface area contributed by atoms with Crippen molar-refractivity contribution in [3.05, 3.63) is 0 Å². The molecule has 7 heteroatoms. The number of carbonyl (C=O) groups is 3. The molecule has 0 radical (unpaired) electrons. The van der Waals surface area contributed by atoms with Crippen LogP contribution in [0.1, 0.15) is 27.2 Å². The monoisotopic (exact) mass is 299 g/mol. The largest absolute Gasteiger partial charge is 0.481 e. The van der Waals surface area contributed by atoms with Gasteiger partial charge in [-0.25, -0.2) is 4.79 Å². The van der Waals surface area contributed by atoms with Crippen LogP contribution in [0.2, 0.25) is 0 Å². The number of likely N-dealkylation sites (N-methyl/N-ethyl adjacent to an activating group) is 2. The minimum atomic E-state index is -0.887. The third-order valence-electron chi connectivity index (χ3n) is 4.18. The number of aliphatic carboxylic acids is 1. The Morgan fingerprint density at radius 3 is 2.43 bits per heavy atom. The van der Waals surface area contributed by atoms with Crippen molar-refractivity contribution in [1.29, 1.82) is 0 Å². The summed E-state index contributed by atoms with van der Waals surface area (Å²) >= 11 is 0. The van der Waals surface area contributed by atoms with E-state index in [2.05, 4.69) is 5.32 Å². The third kappa shape index (κ3) is 3.65. The van der Waals surface area contributed by atoms with E-state index in [9.17, 15) is 19.5 Å². The summed E-state index contributed by atoms with van der Waals surface area (Å²) in [7, 11) is 1.55. The Balaban J connectivity index is 2.69. The summed E-state index contributed by atoms with van der Waals surface area (Å²) in [4.78, 5) is 38.2. The van der Waals surface area contributed by atoms with Crippen molar-refractivity contribution in [1.82, 2.24) is 15.1 Å². The molecule has 7 nitrogen and oxygen atoms in total. The first-order chi connectivity index (χ1) is 9.74. The molecule has 1 atom stereocenters. The van der Waals surface area contributed by atoms with E-state index < -0.39 is 11.4 Å². The SMILES string of the molecule is CCNC(=O)CN(C)C(=O)N1CCC(C(=O)O)(C(C)C)C1. The van der Waals surface area contributed by atoms with Gasteiger partial charge in [0.1, 0.15) is 6.54 Å². The van der Waals surface area contributed by atoms with E-state index >= 15 is 0 Å². The molecule has 0 bridgehead atoms. The molecule has 1 saturated heterocycles. The van der Waals surface area contributed by atoms with Gasteiger partial charge in [0, 0.05) is 26.7 Å². The van der Waals surface area contributed by atoms with Crippen LogP contribution in [0.4, 0.5) is 4.79 Å². The minimum Gasteiger partial charge on any atom is -0.481 e. The molecule has 3 amide bonds. The van der Waals surface area contributed by atoms with Crippen molar-refractivity contribution in [2.24, 2.45) is 11.3 Å². The normalized spacial score (nSPS) is 21.5. The van der Waals surface area contributed by atoms with Gasteiger partial charge in [-0.3, -0.25) is 9.59 Å². The summed E-state index contributed by atoms with van der Waals surface area (Å²) in [6.07, 6.45) is 0.445. The highest BCUT2D eigenvalue weighted by atomic mass is 16.4. The molecule has 2 N–H and O–H groups in total. The van der Waals surface area contributed by atoms with Crippen molar-refractivity contribution in [2.45, 2.75) is 27.2 Å². The van der Waals surface area contributed by atoms with Crippen molar-refractivity contribution in [3.8, 4) is 0 Å². The van der Waals surface area contributed by atoms with E-state index in [1.165, 1.54) is 9.80 Å². The van der Waals surface area contributed by atoms with Crippen molar-refractivity contribution >= 4 is 17.9 Å². The van der Waals surface area contributed by atoms with Gasteiger partial charge in [-0.15, -0.1) is 0 Å². The van der Waals surface area contributed by atoms with Gasteiger partial charge in [0.2, 0.25) is 5.91 Å². The second kappa shape index (κ2) is 6.78. The number of carbonyl (C=O) groups excluding carboxylic acids is 2. The summed E-state index contributed by atoms with van der Waals surface area (Å²) < 4.78 is 0. The molecule has 1 unspecified atom stereocenters. The van der Waals surface area contributed by atoms with Gasteiger partial charge in [0.15, 0.2) is 0 Å². The highest BCUT2D eigenvalue weighted by molar-refractivity contribution is 5.85. The Morgan fingerprint density at radius 2 is 2.00 bits per heavy atom. The van der Waals surface area contributed by atoms with E-state index in [4.69, 9.17) is 0 Å². The van der Waals surface area contributed by atoms with Gasteiger partial charge in [-0.05, 0) is 19.3 Å². The fourth-order valence-electron chi connectivity index (χ4n) is 2.67. The number of urea groups is 1. The van der Waals surface area contributed by atoms with Crippen LogP contribution < -0.4 is 5.32 Å². The Bertz CT molecular complexity index is 424. The van der Waals surface area contributed by atoms with Crippen molar-refractivity contribution < 1.29 is 19.5 Å². The Hall–Kier alpha value is -1.79. The summed E-state index contributed by atoms with van der Waals surface area (Å²) in [5.41, 5.74) is -0.887. The van der Waals surface area contributed by atoms with E-state index in [-0.39, 0.29) is 30.9 Å². The number of nitrogens with zero attached hydrogens (tertiary/aromatic N) is 2. The zero-order valence-electron chi connectivity index (χ0n) is 13.2. The predicted molar refractivity (Wildman–Crippen MR) is 77.8 cm³/mol. The standard InChI is InChI=1S/C14H25N3O4/c1-5-15-11(18)8-16(4)13(21)17-7-6-14(9-17,10(2)3)12(19)20/h10H,5-9H2,1-4H3,(H,15,18)(H,19,20). The fraction of sp³-hybridized carbons (Fsp3) is 0.786. The molecular formula is C14H25N3O4. The molecule has 1 aliphatic rings. The van der Waals surface area contributed by atoms with Gasteiger partial charge in [0.05, 0.1) is 5.41 Å². The Labute approximate surface area is 125 Å². The van der Waals surface area contributed by atoms with Crippen LogP contribution in [-0.4, -0.2) is 66.0 Å². The van der Waals surface area contributed by atoms with Crippen LogP contribution in [0.25, 0.3) is 0 Å². The number of hydrogen-bond acceptors (Lipinski definition) is 3. The summed E-state index contributed by atoms with van der Waals surface area (Å²) in [6, 6.07) is -0.301. The first-order valence-electron chi connectivity index (χ1n) is 7.24. The van der Waals surface area contributed by atoms with E-state index in [1.54, 1.807) is 7.05 Å². The second-order valence-electron chi connectivity index (χ2n) is 5.88. The lowest BCUT2D eigenvalue weighted by Gasteiger charge is -2.30. The minimum absolute atomic E-state index is 0.0229. The number of rotatable bonds is 5. The molecule has 1 fully saturated rings. The molecule has 0 aromatic heterocycles. The lowest BCUT2D eigenvalue weighted by atomic mass is 9.76. The molecule has 0 aliphatic carbocycles. The van der Waals surface area contributed by atoms with Gasteiger partial charge < -0.3 is 20.2 Å². The number of carboxylic acid groups (broad SMARTS) is 1. The highest BCUT2D eigenvalue weighted by Gasteiger charge is 2.48. The number of hydrogen-bond donors (Lipinski definition) is 2. The zero-order chi connectivity index (χ0) is 16.2. The van der Waals surface area contributed by atoms with Crippen LogP contribution in [0.3, 0.4) is 0 Å². The average Bonchev–Trinajstić information content (AvgIpc) is 2.84. The van der Waals surface area contributed by atoms with E-state index in [1.807, 2.05) is 20.8 Å². The smallest absolute Gasteiger partial charge is 0.320 e. The van der Waals surface area contributed by atoms with Crippen molar-refractivity contribution in [2.75, 3.05) is 33.2 Å².